The normalized spacial score (nSPS) is 10.1. The van der Waals surface area contributed by atoms with Gasteiger partial charge in [0.1, 0.15) is 4.60 Å². The third-order valence-electron chi connectivity index (χ3n) is 2.17. The van der Waals surface area contributed by atoms with Crippen molar-refractivity contribution in [2.45, 2.75) is 6.54 Å². The number of carbonyl (C=O) groups excluding carboxylic acids is 1. The van der Waals surface area contributed by atoms with E-state index in [1.165, 1.54) is 6.08 Å². The third-order valence-corrected chi connectivity index (χ3v) is 2.75. The highest BCUT2D eigenvalue weighted by Gasteiger charge is 2.07. The van der Waals surface area contributed by atoms with E-state index in [0.717, 1.165) is 15.5 Å². The quantitative estimate of drug-likeness (QED) is 0.492. The van der Waals surface area contributed by atoms with Gasteiger partial charge >= 0.3 is 0 Å². The SMILES string of the molecule is C=CCn1nc(Br)c2ccc(N=C=O)cc21. The molecule has 0 N–H and O–H groups in total. The molecule has 4 nitrogen and oxygen atoms in total. The van der Waals surface area contributed by atoms with E-state index in [9.17, 15) is 4.79 Å². The highest BCUT2D eigenvalue weighted by atomic mass is 79.9. The highest BCUT2D eigenvalue weighted by Crippen LogP contribution is 2.27. The lowest BCUT2D eigenvalue weighted by Crippen LogP contribution is -1.96. The van der Waals surface area contributed by atoms with Crippen LogP contribution in [0.1, 0.15) is 0 Å². The van der Waals surface area contributed by atoms with Crippen molar-refractivity contribution in [2.75, 3.05) is 0 Å². The lowest BCUT2D eigenvalue weighted by Gasteiger charge is -1.98. The van der Waals surface area contributed by atoms with E-state index in [0.29, 0.717) is 12.2 Å². The summed E-state index contributed by atoms with van der Waals surface area (Å²) in [4.78, 5) is 13.8. The topological polar surface area (TPSA) is 47.2 Å². The van der Waals surface area contributed by atoms with Crippen molar-refractivity contribution in [3.63, 3.8) is 0 Å². The van der Waals surface area contributed by atoms with Crippen LogP contribution in [0, 0.1) is 0 Å². The minimum absolute atomic E-state index is 0.570. The lowest BCUT2D eigenvalue weighted by molar-refractivity contribution is 0.565. The molecule has 1 heterocycles. The maximum atomic E-state index is 10.2. The van der Waals surface area contributed by atoms with Crippen LogP contribution in [-0.4, -0.2) is 15.9 Å². The summed E-state index contributed by atoms with van der Waals surface area (Å²) < 4.78 is 2.56. The Balaban J connectivity index is 2.68. The Hall–Kier alpha value is -1.71. The zero-order valence-electron chi connectivity index (χ0n) is 8.35. The van der Waals surface area contributed by atoms with E-state index in [2.05, 4.69) is 32.6 Å². The molecule has 0 bridgehead atoms. The number of rotatable bonds is 3. The van der Waals surface area contributed by atoms with Gasteiger partial charge in [0.25, 0.3) is 0 Å². The largest absolute Gasteiger partial charge is 0.260 e. The van der Waals surface area contributed by atoms with Crippen LogP contribution in [0.4, 0.5) is 5.69 Å². The molecule has 0 atom stereocenters. The van der Waals surface area contributed by atoms with Gasteiger partial charge in [0, 0.05) is 5.39 Å². The minimum atomic E-state index is 0.570. The Labute approximate surface area is 100 Å². The third kappa shape index (κ3) is 1.83. The molecule has 2 aromatic rings. The van der Waals surface area contributed by atoms with Crippen molar-refractivity contribution < 1.29 is 4.79 Å². The van der Waals surface area contributed by atoms with Gasteiger partial charge < -0.3 is 0 Å². The molecule has 1 aromatic heterocycles. The van der Waals surface area contributed by atoms with Crippen LogP contribution >= 0.6 is 15.9 Å². The fraction of sp³-hybridized carbons (Fsp3) is 0.0909. The number of aromatic nitrogens is 2. The number of hydrogen-bond donors (Lipinski definition) is 0. The van der Waals surface area contributed by atoms with Crippen molar-refractivity contribution in [3.8, 4) is 0 Å². The van der Waals surface area contributed by atoms with Gasteiger partial charge in [-0.1, -0.05) is 6.08 Å². The molecule has 0 aliphatic carbocycles. The first kappa shape index (κ1) is 10.8. The first-order valence-electron chi connectivity index (χ1n) is 4.61. The maximum Gasteiger partial charge on any atom is 0.240 e. The van der Waals surface area contributed by atoms with Gasteiger partial charge in [-0.05, 0) is 34.1 Å². The van der Waals surface area contributed by atoms with Gasteiger partial charge in [-0.25, -0.2) is 4.79 Å². The second kappa shape index (κ2) is 4.43. The molecule has 80 valence electrons. The Morgan fingerprint density at radius 1 is 1.62 bits per heavy atom. The molecule has 0 aliphatic rings. The average Bonchev–Trinajstić information content (AvgIpc) is 2.57. The standard InChI is InChI=1S/C11H8BrN3O/c1-2-5-15-10-6-8(13-7-16)3-4-9(10)11(12)14-15/h2-4,6H,1,5H2. The molecule has 16 heavy (non-hydrogen) atoms. The Kier molecular flexibility index (Phi) is 2.99. The summed E-state index contributed by atoms with van der Waals surface area (Å²) in [5, 5.41) is 5.28. The summed E-state index contributed by atoms with van der Waals surface area (Å²) in [6.45, 7) is 4.28. The predicted molar refractivity (Wildman–Crippen MR) is 65.4 cm³/mol. The van der Waals surface area contributed by atoms with E-state index in [1.807, 2.05) is 6.07 Å². The fourth-order valence-electron chi connectivity index (χ4n) is 1.51. The van der Waals surface area contributed by atoms with Crippen LogP contribution in [0.15, 0.2) is 40.4 Å². The first-order valence-corrected chi connectivity index (χ1v) is 5.40. The van der Waals surface area contributed by atoms with E-state index in [-0.39, 0.29) is 0 Å². The number of isocyanates is 1. The number of allylic oxidation sites excluding steroid dienone is 1. The van der Waals surface area contributed by atoms with Crippen LogP contribution in [0.2, 0.25) is 0 Å². The molecular formula is C11H8BrN3O. The molecule has 0 unspecified atom stereocenters. The fourth-order valence-corrected chi connectivity index (χ4v) is 2.03. The lowest BCUT2D eigenvalue weighted by atomic mass is 10.2. The number of halogens is 1. The van der Waals surface area contributed by atoms with Gasteiger partial charge in [-0.2, -0.15) is 10.1 Å². The number of nitrogens with zero attached hydrogens (tertiary/aromatic N) is 3. The van der Waals surface area contributed by atoms with Crippen molar-refractivity contribution in [2.24, 2.45) is 4.99 Å². The predicted octanol–water partition coefficient (Wildman–Crippen LogP) is 2.95. The van der Waals surface area contributed by atoms with Gasteiger partial charge in [0.2, 0.25) is 6.08 Å². The molecule has 0 radical (unpaired) electrons. The van der Waals surface area contributed by atoms with Crippen molar-refractivity contribution >= 4 is 38.6 Å². The monoisotopic (exact) mass is 277 g/mol. The van der Waals surface area contributed by atoms with Crippen LogP contribution in [0.25, 0.3) is 10.9 Å². The zero-order chi connectivity index (χ0) is 11.5. The van der Waals surface area contributed by atoms with Crippen LogP contribution < -0.4 is 0 Å². The van der Waals surface area contributed by atoms with Gasteiger partial charge in [0.05, 0.1) is 17.7 Å². The number of benzene rings is 1. The zero-order valence-corrected chi connectivity index (χ0v) is 9.94. The molecule has 0 saturated carbocycles. The Bertz CT molecular complexity index is 597. The average molecular weight is 278 g/mol. The van der Waals surface area contributed by atoms with Crippen LogP contribution in [-0.2, 0) is 11.3 Å². The number of fused-ring (bicyclic) bond motifs is 1. The molecular weight excluding hydrogens is 270 g/mol. The highest BCUT2D eigenvalue weighted by molar-refractivity contribution is 9.10. The molecule has 5 heteroatoms. The molecule has 2 rings (SSSR count). The summed E-state index contributed by atoms with van der Waals surface area (Å²) in [5.41, 5.74) is 1.48. The van der Waals surface area contributed by atoms with E-state index in [1.54, 1.807) is 22.9 Å². The van der Waals surface area contributed by atoms with Crippen LogP contribution in [0.5, 0.6) is 0 Å². The Morgan fingerprint density at radius 3 is 3.12 bits per heavy atom. The number of hydrogen-bond acceptors (Lipinski definition) is 3. The first-order chi connectivity index (χ1) is 7.76. The van der Waals surface area contributed by atoms with Gasteiger partial charge in [-0.3, -0.25) is 4.68 Å². The van der Waals surface area contributed by atoms with Crippen molar-refractivity contribution in [1.82, 2.24) is 9.78 Å². The van der Waals surface area contributed by atoms with Gasteiger partial charge in [0.15, 0.2) is 0 Å². The van der Waals surface area contributed by atoms with E-state index < -0.39 is 0 Å². The van der Waals surface area contributed by atoms with Crippen molar-refractivity contribution in [1.29, 1.82) is 0 Å². The summed E-state index contributed by atoms with van der Waals surface area (Å²) in [6, 6.07) is 5.40. The van der Waals surface area contributed by atoms with Gasteiger partial charge in [-0.15, -0.1) is 6.58 Å². The second-order valence-electron chi connectivity index (χ2n) is 3.17. The van der Waals surface area contributed by atoms with Crippen molar-refractivity contribution in [3.05, 3.63) is 35.5 Å². The molecule has 1 aromatic carbocycles. The molecule has 0 amide bonds. The van der Waals surface area contributed by atoms with Crippen LogP contribution in [0.3, 0.4) is 0 Å². The maximum absolute atomic E-state index is 10.2. The second-order valence-corrected chi connectivity index (χ2v) is 3.92. The molecule has 0 spiro atoms. The number of aliphatic imine (C=N–C) groups is 1. The molecule has 0 fully saturated rings. The summed E-state index contributed by atoms with van der Waals surface area (Å²) >= 11 is 3.38. The Morgan fingerprint density at radius 2 is 2.44 bits per heavy atom. The smallest absolute Gasteiger partial charge is 0.240 e. The van der Waals surface area contributed by atoms with E-state index >= 15 is 0 Å². The molecule has 0 saturated heterocycles. The summed E-state index contributed by atoms with van der Waals surface area (Å²) in [5.74, 6) is 0. The van der Waals surface area contributed by atoms with E-state index in [4.69, 9.17) is 0 Å². The minimum Gasteiger partial charge on any atom is -0.260 e. The summed E-state index contributed by atoms with van der Waals surface area (Å²) in [7, 11) is 0. The summed E-state index contributed by atoms with van der Waals surface area (Å²) in [6.07, 6.45) is 3.28. The molecule has 0 aliphatic heterocycles.